The fraction of sp³-hybridized carbons (Fsp3) is 0.625. The lowest BCUT2D eigenvalue weighted by Crippen LogP contribution is -2.23. The van der Waals surface area contributed by atoms with Crippen LogP contribution in [-0.4, -0.2) is 24.5 Å². The maximum Gasteiger partial charge on any atom is -0.00190 e. The van der Waals surface area contributed by atoms with Gasteiger partial charge in [-0.2, -0.15) is 0 Å². The van der Waals surface area contributed by atoms with Crippen molar-refractivity contribution in [3.63, 3.8) is 0 Å². The third-order valence-electron chi connectivity index (χ3n) is 3.43. The van der Waals surface area contributed by atoms with Crippen molar-refractivity contribution in [3.8, 4) is 0 Å². The SMILES string of the molecule is CCN(CC)CCCCCCc1ccccc1. The topological polar surface area (TPSA) is 3.24 Å². The highest BCUT2D eigenvalue weighted by molar-refractivity contribution is 5.14. The van der Waals surface area contributed by atoms with Crippen LogP contribution in [0.2, 0.25) is 0 Å². The van der Waals surface area contributed by atoms with Gasteiger partial charge in [0.05, 0.1) is 0 Å². The molecule has 0 bridgehead atoms. The van der Waals surface area contributed by atoms with E-state index in [0.29, 0.717) is 0 Å². The quantitative estimate of drug-likeness (QED) is 0.580. The smallest absolute Gasteiger partial charge is 0.00190 e. The molecule has 0 aromatic heterocycles. The van der Waals surface area contributed by atoms with Gasteiger partial charge in [0.15, 0.2) is 0 Å². The molecule has 0 spiro atoms. The van der Waals surface area contributed by atoms with Crippen molar-refractivity contribution in [2.45, 2.75) is 46.0 Å². The van der Waals surface area contributed by atoms with E-state index in [2.05, 4.69) is 49.1 Å². The predicted molar refractivity (Wildman–Crippen MR) is 76.4 cm³/mol. The van der Waals surface area contributed by atoms with Crippen LogP contribution in [-0.2, 0) is 6.42 Å². The van der Waals surface area contributed by atoms with Gasteiger partial charge in [0.1, 0.15) is 0 Å². The van der Waals surface area contributed by atoms with Crippen LogP contribution in [0.4, 0.5) is 0 Å². The Kier molecular flexibility index (Phi) is 7.74. The van der Waals surface area contributed by atoms with Crippen molar-refractivity contribution in [2.24, 2.45) is 0 Å². The molecule has 17 heavy (non-hydrogen) atoms. The first-order chi connectivity index (χ1) is 8.36. The zero-order valence-electron chi connectivity index (χ0n) is 11.5. The Hall–Kier alpha value is -0.820. The molecule has 0 unspecified atom stereocenters. The van der Waals surface area contributed by atoms with Gasteiger partial charge >= 0.3 is 0 Å². The standard InChI is InChI=1S/C16H27N/c1-3-17(4-2)15-11-6-5-8-12-16-13-9-7-10-14-16/h7,9-10,13-14H,3-6,8,11-12,15H2,1-2H3. The molecule has 1 nitrogen and oxygen atoms in total. The van der Waals surface area contributed by atoms with E-state index in [1.54, 1.807) is 0 Å². The Morgan fingerprint density at radius 3 is 2.12 bits per heavy atom. The lowest BCUT2D eigenvalue weighted by Gasteiger charge is -2.17. The lowest BCUT2D eigenvalue weighted by atomic mass is 10.1. The van der Waals surface area contributed by atoms with Gasteiger partial charge < -0.3 is 4.90 Å². The van der Waals surface area contributed by atoms with E-state index in [4.69, 9.17) is 0 Å². The summed E-state index contributed by atoms with van der Waals surface area (Å²) in [4.78, 5) is 2.51. The molecule has 1 aromatic rings. The molecule has 1 heteroatoms. The summed E-state index contributed by atoms with van der Waals surface area (Å²) in [6, 6.07) is 10.8. The Morgan fingerprint density at radius 1 is 0.824 bits per heavy atom. The maximum atomic E-state index is 2.51. The highest BCUT2D eigenvalue weighted by Gasteiger charge is 1.98. The summed E-state index contributed by atoms with van der Waals surface area (Å²) in [6.07, 6.45) is 6.68. The molecular weight excluding hydrogens is 206 g/mol. The van der Waals surface area contributed by atoms with Gasteiger partial charge in [-0.1, -0.05) is 57.0 Å². The summed E-state index contributed by atoms with van der Waals surface area (Å²) in [6.45, 7) is 8.16. The summed E-state index contributed by atoms with van der Waals surface area (Å²) in [5, 5.41) is 0. The molecule has 1 rings (SSSR count). The summed E-state index contributed by atoms with van der Waals surface area (Å²) in [5.74, 6) is 0. The number of benzene rings is 1. The van der Waals surface area contributed by atoms with Gasteiger partial charge in [-0.25, -0.2) is 0 Å². The van der Waals surface area contributed by atoms with E-state index in [-0.39, 0.29) is 0 Å². The van der Waals surface area contributed by atoms with Gasteiger partial charge in [-0.05, 0) is 44.5 Å². The summed E-state index contributed by atoms with van der Waals surface area (Å²) in [7, 11) is 0. The largest absolute Gasteiger partial charge is 0.304 e. The van der Waals surface area contributed by atoms with Gasteiger partial charge in [0.25, 0.3) is 0 Å². The number of nitrogens with zero attached hydrogens (tertiary/aromatic N) is 1. The van der Waals surface area contributed by atoms with Crippen molar-refractivity contribution in [1.82, 2.24) is 4.90 Å². The van der Waals surface area contributed by atoms with Crippen molar-refractivity contribution < 1.29 is 0 Å². The van der Waals surface area contributed by atoms with Crippen LogP contribution in [0.1, 0.15) is 45.1 Å². The Balaban J connectivity index is 1.98. The zero-order valence-corrected chi connectivity index (χ0v) is 11.5. The van der Waals surface area contributed by atoms with Gasteiger partial charge in [0.2, 0.25) is 0 Å². The second-order valence-electron chi connectivity index (χ2n) is 4.68. The van der Waals surface area contributed by atoms with Crippen LogP contribution in [0, 0.1) is 0 Å². The lowest BCUT2D eigenvalue weighted by molar-refractivity contribution is 0.295. The average Bonchev–Trinajstić information content (AvgIpc) is 2.39. The van der Waals surface area contributed by atoms with Crippen LogP contribution in [0.15, 0.2) is 30.3 Å². The van der Waals surface area contributed by atoms with E-state index in [0.717, 1.165) is 0 Å². The first kappa shape index (κ1) is 14.2. The van der Waals surface area contributed by atoms with Gasteiger partial charge in [-0.15, -0.1) is 0 Å². The third-order valence-corrected chi connectivity index (χ3v) is 3.43. The van der Waals surface area contributed by atoms with Crippen molar-refractivity contribution in [2.75, 3.05) is 19.6 Å². The van der Waals surface area contributed by atoms with Crippen LogP contribution in [0.5, 0.6) is 0 Å². The summed E-state index contributed by atoms with van der Waals surface area (Å²) < 4.78 is 0. The van der Waals surface area contributed by atoms with Crippen molar-refractivity contribution in [1.29, 1.82) is 0 Å². The molecule has 0 saturated carbocycles. The van der Waals surface area contributed by atoms with Gasteiger partial charge in [0, 0.05) is 0 Å². The zero-order chi connectivity index (χ0) is 12.3. The first-order valence-corrected chi connectivity index (χ1v) is 7.13. The van der Waals surface area contributed by atoms with E-state index in [1.165, 1.54) is 57.3 Å². The van der Waals surface area contributed by atoms with Crippen LogP contribution >= 0.6 is 0 Å². The highest BCUT2D eigenvalue weighted by Crippen LogP contribution is 2.08. The molecule has 0 N–H and O–H groups in total. The summed E-state index contributed by atoms with van der Waals surface area (Å²) in [5.41, 5.74) is 1.48. The molecule has 0 aliphatic heterocycles. The molecule has 0 amide bonds. The minimum absolute atomic E-state index is 1.19. The van der Waals surface area contributed by atoms with Crippen LogP contribution < -0.4 is 0 Å². The number of hydrogen-bond donors (Lipinski definition) is 0. The van der Waals surface area contributed by atoms with Crippen LogP contribution in [0.3, 0.4) is 0 Å². The summed E-state index contributed by atoms with van der Waals surface area (Å²) >= 11 is 0. The van der Waals surface area contributed by atoms with E-state index < -0.39 is 0 Å². The predicted octanol–water partition coefficient (Wildman–Crippen LogP) is 4.13. The fourth-order valence-corrected chi connectivity index (χ4v) is 2.20. The molecule has 0 aliphatic carbocycles. The molecule has 0 aliphatic rings. The molecule has 0 saturated heterocycles. The van der Waals surface area contributed by atoms with E-state index in [1.807, 2.05) is 0 Å². The van der Waals surface area contributed by atoms with Crippen molar-refractivity contribution >= 4 is 0 Å². The Morgan fingerprint density at radius 2 is 1.47 bits per heavy atom. The minimum Gasteiger partial charge on any atom is -0.304 e. The second-order valence-corrected chi connectivity index (χ2v) is 4.68. The Labute approximate surface area is 107 Å². The van der Waals surface area contributed by atoms with E-state index >= 15 is 0 Å². The molecule has 1 aromatic carbocycles. The third kappa shape index (κ3) is 6.48. The highest BCUT2D eigenvalue weighted by atomic mass is 15.1. The number of hydrogen-bond acceptors (Lipinski definition) is 1. The molecule has 0 fully saturated rings. The van der Waals surface area contributed by atoms with Crippen LogP contribution in [0.25, 0.3) is 0 Å². The van der Waals surface area contributed by atoms with Crippen molar-refractivity contribution in [3.05, 3.63) is 35.9 Å². The normalized spacial score (nSPS) is 11.0. The van der Waals surface area contributed by atoms with Gasteiger partial charge in [-0.3, -0.25) is 0 Å². The Bertz CT molecular complexity index is 264. The maximum absolute atomic E-state index is 2.51. The fourth-order valence-electron chi connectivity index (χ4n) is 2.20. The molecule has 0 radical (unpaired) electrons. The van der Waals surface area contributed by atoms with E-state index in [9.17, 15) is 0 Å². The second kappa shape index (κ2) is 9.23. The molecule has 96 valence electrons. The molecular formula is C16H27N. The molecule has 0 atom stereocenters. The number of unbranched alkanes of at least 4 members (excludes halogenated alkanes) is 3. The number of rotatable bonds is 9. The minimum atomic E-state index is 1.19. The molecule has 0 heterocycles. The monoisotopic (exact) mass is 233 g/mol. The average molecular weight is 233 g/mol. The number of aryl methyl sites for hydroxylation is 1. The first-order valence-electron chi connectivity index (χ1n) is 7.13.